The van der Waals surface area contributed by atoms with Gasteiger partial charge in [0.05, 0.1) is 16.7 Å². The van der Waals surface area contributed by atoms with E-state index in [1.165, 1.54) is 0 Å². The Hall–Kier alpha value is -4.98. The van der Waals surface area contributed by atoms with E-state index in [0.29, 0.717) is 18.1 Å². The van der Waals surface area contributed by atoms with Crippen molar-refractivity contribution < 1.29 is 14.3 Å². The van der Waals surface area contributed by atoms with Gasteiger partial charge in [-0.15, -0.1) is 0 Å². The highest BCUT2D eigenvalue weighted by molar-refractivity contribution is 5.85. The van der Waals surface area contributed by atoms with Gasteiger partial charge in [-0.25, -0.2) is 19.7 Å². The summed E-state index contributed by atoms with van der Waals surface area (Å²) in [6, 6.07) is 22.1. The van der Waals surface area contributed by atoms with Crippen molar-refractivity contribution in [2.24, 2.45) is 0 Å². The second-order valence-electron chi connectivity index (χ2n) is 11.7. The van der Waals surface area contributed by atoms with Crippen LogP contribution in [-0.2, 0) is 17.7 Å². The summed E-state index contributed by atoms with van der Waals surface area (Å²) in [6.45, 7) is 10.4. The SMILES string of the molecule is CCCc1nc2c(C)cc(-c3cn4cccnc4n3)cc2n1Cc1ccc(-c2ccccc2OC(=O)OC(C)(C)C)cc1. The van der Waals surface area contributed by atoms with Gasteiger partial charge in [0.25, 0.3) is 0 Å². The van der Waals surface area contributed by atoms with Gasteiger partial charge in [-0.3, -0.25) is 4.40 Å². The van der Waals surface area contributed by atoms with Gasteiger partial charge in [-0.1, -0.05) is 49.4 Å². The van der Waals surface area contributed by atoms with E-state index in [1.54, 1.807) is 12.3 Å². The van der Waals surface area contributed by atoms with Gasteiger partial charge >= 0.3 is 6.16 Å². The molecule has 0 saturated heterocycles. The van der Waals surface area contributed by atoms with Crippen molar-refractivity contribution in [3.05, 3.63) is 102 Å². The van der Waals surface area contributed by atoms with Gasteiger partial charge < -0.3 is 14.0 Å². The van der Waals surface area contributed by atoms with Crippen molar-refractivity contribution in [1.29, 1.82) is 0 Å². The monoisotopic (exact) mass is 573 g/mol. The molecule has 0 bridgehead atoms. The molecule has 0 fully saturated rings. The lowest BCUT2D eigenvalue weighted by Gasteiger charge is -2.19. The fourth-order valence-electron chi connectivity index (χ4n) is 5.28. The molecule has 6 aromatic rings. The van der Waals surface area contributed by atoms with Crippen LogP contribution in [-0.4, -0.2) is 35.7 Å². The zero-order valence-corrected chi connectivity index (χ0v) is 25.2. The molecule has 3 aromatic carbocycles. The van der Waals surface area contributed by atoms with E-state index < -0.39 is 11.8 Å². The fraction of sp³-hybridized carbons (Fsp3) is 0.257. The van der Waals surface area contributed by atoms with Crippen LogP contribution >= 0.6 is 0 Å². The number of carbonyl (C=O) groups excluding carboxylic acids is 1. The number of hydrogen-bond donors (Lipinski definition) is 0. The largest absolute Gasteiger partial charge is 0.514 e. The molecule has 0 spiro atoms. The van der Waals surface area contributed by atoms with E-state index in [1.807, 2.05) is 61.8 Å². The third kappa shape index (κ3) is 6.00. The second-order valence-corrected chi connectivity index (χ2v) is 11.7. The number of hydrogen-bond acceptors (Lipinski definition) is 6. The number of aryl methyl sites for hydroxylation is 2. The molecule has 3 heterocycles. The Morgan fingerprint density at radius 2 is 1.74 bits per heavy atom. The first-order valence-electron chi connectivity index (χ1n) is 14.6. The minimum absolute atomic E-state index is 0.459. The number of aromatic nitrogens is 5. The van der Waals surface area contributed by atoms with Gasteiger partial charge in [0, 0.05) is 42.7 Å². The summed E-state index contributed by atoms with van der Waals surface area (Å²) < 4.78 is 15.2. The molecule has 8 heteroatoms. The Bertz CT molecular complexity index is 1900. The van der Waals surface area contributed by atoms with E-state index in [2.05, 4.69) is 59.8 Å². The highest BCUT2D eigenvalue weighted by Crippen LogP contribution is 2.32. The molecule has 0 amide bonds. The maximum Gasteiger partial charge on any atom is 0.514 e. The molecule has 0 radical (unpaired) electrons. The Labute approximate surface area is 251 Å². The van der Waals surface area contributed by atoms with Crippen LogP contribution in [0, 0.1) is 6.92 Å². The number of carbonyl (C=O) groups is 1. The summed E-state index contributed by atoms with van der Waals surface area (Å²) >= 11 is 0. The predicted octanol–water partition coefficient (Wildman–Crippen LogP) is 8.04. The lowest BCUT2D eigenvalue weighted by molar-refractivity contribution is 0.0207. The van der Waals surface area contributed by atoms with Crippen LogP contribution in [0.4, 0.5) is 4.79 Å². The summed E-state index contributed by atoms with van der Waals surface area (Å²) in [4.78, 5) is 26.6. The van der Waals surface area contributed by atoms with Crippen molar-refractivity contribution in [3.63, 3.8) is 0 Å². The lowest BCUT2D eigenvalue weighted by Crippen LogP contribution is -2.26. The third-order valence-corrected chi connectivity index (χ3v) is 7.20. The van der Waals surface area contributed by atoms with Gasteiger partial charge in [0.15, 0.2) is 0 Å². The molecule has 8 nitrogen and oxygen atoms in total. The zero-order chi connectivity index (χ0) is 30.1. The number of benzene rings is 3. The van der Waals surface area contributed by atoms with E-state index in [4.69, 9.17) is 19.4 Å². The van der Waals surface area contributed by atoms with Crippen LogP contribution in [0.2, 0.25) is 0 Å². The standard InChI is InChI=1S/C35H35N5O3/c1-6-10-31-38-32-23(2)19-26(28-22-39-18-9-17-36-33(39)37-28)20-29(32)40(31)21-24-13-15-25(16-14-24)27-11-7-8-12-30(27)42-34(41)43-35(3,4)5/h7-9,11-20,22H,6,10,21H2,1-5H3. The summed E-state index contributed by atoms with van der Waals surface area (Å²) in [5, 5.41) is 0. The van der Waals surface area contributed by atoms with E-state index in [0.717, 1.165) is 63.2 Å². The quantitative estimate of drug-likeness (QED) is 0.142. The van der Waals surface area contributed by atoms with Crippen LogP contribution in [0.1, 0.15) is 51.1 Å². The number of imidazole rings is 2. The van der Waals surface area contributed by atoms with Crippen molar-refractivity contribution in [2.75, 3.05) is 0 Å². The van der Waals surface area contributed by atoms with Gasteiger partial charge in [0.2, 0.25) is 5.78 Å². The van der Waals surface area contributed by atoms with Crippen molar-refractivity contribution >= 4 is 23.0 Å². The molecule has 0 aliphatic heterocycles. The number of ether oxygens (including phenoxy) is 2. The van der Waals surface area contributed by atoms with Crippen LogP contribution < -0.4 is 4.74 Å². The molecule has 0 saturated carbocycles. The molecule has 0 atom stereocenters. The van der Waals surface area contributed by atoms with Crippen LogP contribution in [0.3, 0.4) is 0 Å². The van der Waals surface area contributed by atoms with E-state index in [9.17, 15) is 4.79 Å². The van der Waals surface area contributed by atoms with Crippen molar-refractivity contribution in [2.45, 2.75) is 59.6 Å². The van der Waals surface area contributed by atoms with Gasteiger partial charge in [0.1, 0.15) is 17.2 Å². The van der Waals surface area contributed by atoms with E-state index in [-0.39, 0.29) is 0 Å². The Balaban J connectivity index is 1.32. The topological polar surface area (TPSA) is 83.5 Å². The third-order valence-electron chi connectivity index (χ3n) is 7.20. The Kier molecular flexibility index (Phi) is 7.44. The molecule has 0 aliphatic rings. The lowest BCUT2D eigenvalue weighted by atomic mass is 10.0. The summed E-state index contributed by atoms with van der Waals surface area (Å²) in [5.41, 5.74) is 7.42. The van der Waals surface area contributed by atoms with Crippen LogP contribution in [0.5, 0.6) is 5.75 Å². The van der Waals surface area contributed by atoms with Gasteiger partial charge in [-0.2, -0.15) is 0 Å². The average Bonchev–Trinajstić information content (AvgIpc) is 3.55. The highest BCUT2D eigenvalue weighted by Gasteiger charge is 2.20. The maximum atomic E-state index is 12.4. The molecule has 43 heavy (non-hydrogen) atoms. The highest BCUT2D eigenvalue weighted by atomic mass is 16.7. The molecule has 0 aliphatic carbocycles. The normalized spacial score (nSPS) is 11.7. The molecular weight excluding hydrogens is 538 g/mol. The van der Waals surface area contributed by atoms with Crippen LogP contribution in [0.15, 0.2) is 85.3 Å². The molecular formula is C35H35N5O3. The summed E-state index contributed by atoms with van der Waals surface area (Å²) in [5.74, 6) is 2.20. The van der Waals surface area contributed by atoms with Crippen molar-refractivity contribution in [1.82, 2.24) is 23.9 Å². The fourth-order valence-corrected chi connectivity index (χ4v) is 5.28. The Morgan fingerprint density at radius 1 is 0.953 bits per heavy atom. The number of para-hydroxylation sites is 1. The average molecular weight is 574 g/mol. The van der Waals surface area contributed by atoms with Crippen LogP contribution in [0.25, 0.3) is 39.2 Å². The first-order valence-corrected chi connectivity index (χ1v) is 14.6. The molecule has 0 N–H and O–H groups in total. The molecule has 218 valence electrons. The predicted molar refractivity (Wildman–Crippen MR) is 168 cm³/mol. The summed E-state index contributed by atoms with van der Waals surface area (Å²) in [6.07, 6.45) is 6.89. The first kappa shape index (κ1) is 28.2. The summed E-state index contributed by atoms with van der Waals surface area (Å²) in [7, 11) is 0. The first-order chi connectivity index (χ1) is 20.7. The second kappa shape index (κ2) is 11.4. The number of fused-ring (bicyclic) bond motifs is 2. The van der Waals surface area contributed by atoms with E-state index >= 15 is 0 Å². The molecule has 3 aromatic heterocycles. The minimum Gasteiger partial charge on any atom is -0.428 e. The van der Waals surface area contributed by atoms with Crippen molar-refractivity contribution in [3.8, 4) is 28.1 Å². The maximum absolute atomic E-state index is 12.4. The number of nitrogens with zero attached hydrogens (tertiary/aromatic N) is 5. The minimum atomic E-state index is -0.721. The Morgan fingerprint density at radius 3 is 2.49 bits per heavy atom. The molecule has 6 rings (SSSR count). The zero-order valence-electron chi connectivity index (χ0n) is 25.2. The smallest absolute Gasteiger partial charge is 0.428 e. The molecule has 0 unspecified atom stereocenters. The number of rotatable bonds is 7. The van der Waals surface area contributed by atoms with Gasteiger partial charge in [-0.05, 0) is 75.1 Å².